The van der Waals surface area contributed by atoms with Crippen molar-refractivity contribution in [3.05, 3.63) is 70.7 Å². The van der Waals surface area contributed by atoms with Crippen LogP contribution in [-0.2, 0) is 6.42 Å². The zero-order valence-electron chi connectivity index (χ0n) is 10.4. The second-order valence-electron chi connectivity index (χ2n) is 4.34. The molecule has 2 atom stereocenters. The zero-order valence-corrected chi connectivity index (χ0v) is 11.9. The van der Waals surface area contributed by atoms with Crippen LogP contribution < -0.4 is 5.73 Å². The molecule has 0 aromatic heterocycles. The van der Waals surface area contributed by atoms with Crippen molar-refractivity contribution in [3.63, 3.8) is 0 Å². The summed E-state index contributed by atoms with van der Waals surface area (Å²) in [5, 5.41) is 10.8. The van der Waals surface area contributed by atoms with Gasteiger partial charge in [-0.1, -0.05) is 54.1 Å². The molecular weight excluding hydrogens is 281 g/mol. The van der Waals surface area contributed by atoms with E-state index in [1.807, 2.05) is 42.5 Å². The summed E-state index contributed by atoms with van der Waals surface area (Å²) < 4.78 is 0. The van der Waals surface area contributed by atoms with Gasteiger partial charge < -0.3 is 10.8 Å². The SMILES string of the molecule is Cl.N[C@H](c1cccc(Cl)c1)[C@@H](O)Cc1ccccc1. The molecule has 19 heavy (non-hydrogen) atoms. The van der Waals surface area contributed by atoms with Crippen molar-refractivity contribution in [2.45, 2.75) is 18.6 Å². The van der Waals surface area contributed by atoms with Gasteiger partial charge in [0.2, 0.25) is 0 Å². The Balaban J connectivity index is 0.00000180. The predicted molar refractivity (Wildman–Crippen MR) is 81.8 cm³/mol. The maximum Gasteiger partial charge on any atom is 0.0773 e. The van der Waals surface area contributed by atoms with Crippen LogP contribution in [0, 0.1) is 0 Å². The Morgan fingerprint density at radius 1 is 1.05 bits per heavy atom. The van der Waals surface area contributed by atoms with E-state index < -0.39 is 12.1 Å². The fraction of sp³-hybridized carbons (Fsp3) is 0.200. The number of hydrogen-bond donors (Lipinski definition) is 2. The molecule has 3 N–H and O–H groups in total. The lowest BCUT2D eigenvalue weighted by atomic mass is 9.97. The van der Waals surface area contributed by atoms with Crippen LogP contribution in [0.15, 0.2) is 54.6 Å². The van der Waals surface area contributed by atoms with Crippen LogP contribution in [0.5, 0.6) is 0 Å². The normalized spacial score (nSPS) is 13.4. The first-order valence-corrected chi connectivity index (χ1v) is 6.27. The van der Waals surface area contributed by atoms with Crippen molar-refractivity contribution in [2.24, 2.45) is 5.73 Å². The standard InChI is InChI=1S/C15H16ClNO.ClH/c16-13-8-4-7-12(10-13)15(17)14(18)9-11-5-2-1-3-6-11;/h1-8,10,14-15,18H,9,17H2;1H/t14-,15+;/m0./s1. The van der Waals surface area contributed by atoms with Crippen molar-refractivity contribution in [1.82, 2.24) is 0 Å². The molecule has 102 valence electrons. The van der Waals surface area contributed by atoms with E-state index in [9.17, 15) is 5.11 Å². The van der Waals surface area contributed by atoms with Crippen LogP contribution in [0.4, 0.5) is 0 Å². The van der Waals surface area contributed by atoms with Gasteiger partial charge in [0.1, 0.15) is 0 Å². The number of aliphatic hydroxyl groups is 1. The Morgan fingerprint density at radius 3 is 2.37 bits per heavy atom. The van der Waals surface area contributed by atoms with Crippen LogP contribution in [0.25, 0.3) is 0 Å². The molecule has 0 saturated carbocycles. The second kappa shape index (κ2) is 7.51. The number of aliphatic hydroxyl groups excluding tert-OH is 1. The molecule has 0 spiro atoms. The molecule has 0 unspecified atom stereocenters. The third-order valence-electron chi connectivity index (χ3n) is 2.94. The minimum atomic E-state index is -0.620. The first-order valence-electron chi connectivity index (χ1n) is 5.90. The highest BCUT2D eigenvalue weighted by Gasteiger charge is 2.17. The summed E-state index contributed by atoms with van der Waals surface area (Å²) >= 11 is 5.92. The molecule has 0 saturated heterocycles. The van der Waals surface area contributed by atoms with E-state index in [1.54, 1.807) is 12.1 Å². The number of halogens is 2. The fourth-order valence-corrected chi connectivity index (χ4v) is 2.12. The van der Waals surface area contributed by atoms with Gasteiger partial charge in [0.05, 0.1) is 12.1 Å². The van der Waals surface area contributed by atoms with E-state index >= 15 is 0 Å². The summed E-state index contributed by atoms with van der Waals surface area (Å²) in [7, 11) is 0. The maximum absolute atomic E-state index is 10.1. The molecule has 0 aliphatic heterocycles. The van der Waals surface area contributed by atoms with Gasteiger partial charge in [-0.25, -0.2) is 0 Å². The van der Waals surface area contributed by atoms with Crippen molar-refractivity contribution in [1.29, 1.82) is 0 Å². The summed E-state index contributed by atoms with van der Waals surface area (Å²) in [6.07, 6.45) is -0.0833. The Labute approximate surface area is 124 Å². The Morgan fingerprint density at radius 2 is 1.74 bits per heavy atom. The molecular formula is C15H17Cl2NO. The molecule has 2 aromatic rings. The smallest absolute Gasteiger partial charge is 0.0773 e. The van der Waals surface area contributed by atoms with Crippen LogP contribution >= 0.6 is 24.0 Å². The van der Waals surface area contributed by atoms with Gasteiger partial charge in [-0.2, -0.15) is 0 Å². The van der Waals surface area contributed by atoms with Gasteiger partial charge in [-0.3, -0.25) is 0 Å². The fourth-order valence-electron chi connectivity index (χ4n) is 1.92. The number of benzene rings is 2. The van der Waals surface area contributed by atoms with Gasteiger partial charge in [0.15, 0.2) is 0 Å². The minimum Gasteiger partial charge on any atom is -0.391 e. The van der Waals surface area contributed by atoms with Gasteiger partial charge in [-0.15, -0.1) is 12.4 Å². The summed E-state index contributed by atoms with van der Waals surface area (Å²) in [5.41, 5.74) is 7.97. The van der Waals surface area contributed by atoms with Gasteiger partial charge >= 0.3 is 0 Å². The number of hydrogen-bond acceptors (Lipinski definition) is 2. The highest BCUT2D eigenvalue weighted by Crippen LogP contribution is 2.20. The summed E-state index contributed by atoms with van der Waals surface area (Å²) in [6, 6.07) is 16.7. The molecule has 0 aliphatic rings. The summed E-state index contributed by atoms with van der Waals surface area (Å²) in [5.74, 6) is 0. The van der Waals surface area contributed by atoms with Crippen LogP contribution in [0.3, 0.4) is 0 Å². The average Bonchev–Trinajstić information content (AvgIpc) is 2.39. The van der Waals surface area contributed by atoms with Gasteiger partial charge in [0, 0.05) is 11.4 Å². The van der Waals surface area contributed by atoms with Crippen molar-refractivity contribution in [3.8, 4) is 0 Å². The lowest BCUT2D eigenvalue weighted by Gasteiger charge is -2.19. The molecule has 0 amide bonds. The molecule has 0 aliphatic carbocycles. The lowest BCUT2D eigenvalue weighted by molar-refractivity contribution is 0.145. The summed E-state index contributed by atoms with van der Waals surface area (Å²) in [4.78, 5) is 0. The average molecular weight is 298 g/mol. The van der Waals surface area contributed by atoms with E-state index in [4.69, 9.17) is 17.3 Å². The largest absolute Gasteiger partial charge is 0.391 e. The molecule has 2 aromatic carbocycles. The van der Waals surface area contributed by atoms with Crippen molar-refractivity contribution < 1.29 is 5.11 Å². The third-order valence-corrected chi connectivity index (χ3v) is 3.17. The van der Waals surface area contributed by atoms with E-state index in [2.05, 4.69) is 0 Å². The van der Waals surface area contributed by atoms with Crippen LogP contribution in [0.2, 0.25) is 5.02 Å². The molecule has 0 fully saturated rings. The van der Waals surface area contributed by atoms with E-state index in [0.29, 0.717) is 11.4 Å². The van der Waals surface area contributed by atoms with E-state index in [0.717, 1.165) is 11.1 Å². The zero-order chi connectivity index (χ0) is 13.0. The molecule has 2 rings (SSSR count). The predicted octanol–water partition coefficient (Wildman–Crippen LogP) is 3.37. The molecule has 0 radical (unpaired) electrons. The van der Waals surface area contributed by atoms with E-state index in [-0.39, 0.29) is 12.4 Å². The van der Waals surface area contributed by atoms with E-state index in [1.165, 1.54) is 0 Å². The lowest BCUT2D eigenvalue weighted by Crippen LogP contribution is -2.28. The first-order chi connectivity index (χ1) is 8.66. The highest BCUT2D eigenvalue weighted by molar-refractivity contribution is 6.30. The molecule has 4 heteroatoms. The van der Waals surface area contributed by atoms with Gasteiger partial charge in [-0.05, 0) is 23.3 Å². The molecule has 0 heterocycles. The highest BCUT2D eigenvalue weighted by atomic mass is 35.5. The Hall–Kier alpha value is -1.06. The third kappa shape index (κ3) is 4.51. The maximum atomic E-state index is 10.1. The molecule has 2 nitrogen and oxygen atoms in total. The van der Waals surface area contributed by atoms with Crippen molar-refractivity contribution >= 4 is 24.0 Å². The Bertz CT molecular complexity index is 505. The summed E-state index contributed by atoms with van der Waals surface area (Å²) in [6.45, 7) is 0. The quantitative estimate of drug-likeness (QED) is 0.909. The van der Waals surface area contributed by atoms with Gasteiger partial charge in [0.25, 0.3) is 0 Å². The number of rotatable bonds is 4. The van der Waals surface area contributed by atoms with Crippen LogP contribution in [0.1, 0.15) is 17.2 Å². The Kier molecular flexibility index (Phi) is 6.32. The number of nitrogens with two attached hydrogens (primary N) is 1. The second-order valence-corrected chi connectivity index (χ2v) is 4.77. The van der Waals surface area contributed by atoms with Crippen molar-refractivity contribution in [2.75, 3.05) is 0 Å². The monoisotopic (exact) mass is 297 g/mol. The van der Waals surface area contributed by atoms with Crippen LogP contribution in [-0.4, -0.2) is 11.2 Å². The minimum absolute atomic E-state index is 0. The first kappa shape index (κ1) is 16.0. The molecule has 0 bridgehead atoms. The topological polar surface area (TPSA) is 46.2 Å².